The van der Waals surface area contributed by atoms with Crippen LogP contribution in [0.1, 0.15) is 52.2 Å². The molecule has 0 bridgehead atoms. The summed E-state index contributed by atoms with van der Waals surface area (Å²) < 4.78 is 233. The molecule has 4 nitrogen and oxygen atoms in total. The smallest absolute Gasteiger partial charge is 0.375 e. The minimum Gasteiger partial charge on any atom is -0.667 e. The fraction of sp³-hybridized carbons (Fsp3) is 0.267. The van der Waals surface area contributed by atoms with Gasteiger partial charge < -0.3 is 4.65 Å². The van der Waals surface area contributed by atoms with Crippen molar-refractivity contribution in [1.82, 2.24) is 4.57 Å². The molecule has 0 saturated heterocycles. The molecule has 0 fully saturated rings. The summed E-state index contributed by atoms with van der Waals surface area (Å²) >= 11 is 0. The van der Waals surface area contributed by atoms with Gasteiger partial charge in [-0.1, -0.05) is 16.4 Å². The zero-order chi connectivity index (χ0) is 38.3. The molecule has 0 atom stereocenters. The Morgan fingerprint density at radius 3 is 1.02 bits per heavy atom. The van der Waals surface area contributed by atoms with Gasteiger partial charge in [0.25, 0.3) is 6.35 Å². The molecule has 0 spiro atoms. The molecular formula is C30H20BF15N2O2. The molecule has 270 valence electrons. The van der Waals surface area contributed by atoms with Gasteiger partial charge in [-0.05, 0) is 41.5 Å². The van der Waals surface area contributed by atoms with Crippen molar-refractivity contribution in [2.45, 2.75) is 52.6 Å². The molecule has 50 heavy (non-hydrogen) atoms. The number of imidazole rings is 1. The molecule has 0 aliphatic carbocycles. The molecule has 0 unspecified atom stereocenters. The maximum Gasteiger partial charge on any atom is 0.375 e. The summed E-state index contributed by atoms with van der Waals surface area (Å²) in [6.45, 7) is 8.21. The predicted octanol–water partition coefficient (Wildman–Crippen LogP) is 6.20. The van der Waals surface area contributed by atoms with Crippen molar-refractivity contribution in [2.75, 3.05) is 0 Å². The highest BCUT2D eigenvalue weighted by molar-refractivity contribution is 7.08. The van der Waals surface area contributed by atoms with E-state index in [1.165, 1.54) is 41.5 Å². The molecule has 1 aromatic heterocycles. The lowest BCUT2D eigenvalue weighted by Gasteiger charge is -2.43. The van der Waals surface area contributed by atoms with Crippen LogP contribution in [0.25, 0.3) is 0 Å². The first-order valence-corrected chi connectivity index (χ1v) is 13.8. The maximum absolute atomic E-state index is 15.8. The first-order valence-electron chi connectivity index (χ1n) is 13.8. The molecule has 4 aromatic rings. The molecule has 4 rings (SSSR count). The van der Waals surface area contributed by atoms with E-state index in [-0.39, 0.29) is 0 Å². The van der Waals surface area contributed by atoms with Crippen molar-refractivity contribution in [3.8, 4) is 0 Å². The molecule has 0 N–H and O–H groups in total. The molecule has 0 aliphatic heterocycles. The van der Waals surface area contributed by atoms with Crippen molar-refractivity contribution >= 4 is 28.7 Å². The normalized spacial score (nSPS) is 12.6. The van der Waals surface area contributed by atoms with Gasteiger partial charge in [0.2, 0.25) is 0 Å². The van der Waals surface area contributed by atoms with Gasteiger partial charge in [-0.3, -0.25) is 0 Å². The van der Waals surface area contributed by atoms with Gasteiger partial charge in [-0.15, -0.1) is 0 Å². The minimum atomic E-state index is -6.55. The zero-order valence-corrected chi connectivity index (χ0v) is 26.1. The average Bonchev–Trinajstić information content (AvgIpc) is 3.50. The van der Waals surface area contributed by atoms with E-state index in [0.29, 0.717) is 0 Å². The Labute approximate surface area is 271 Å². The van der Waals surface area contributed by atoms with E-state index in [1.807, 2.05) is 0 Å². The fourth-order valence-electron chi connectivity index (χ4n) is 5.43. The Morgan fingerprint density at radius 1 is 0.520 bits per heavy atom. The van der Waals surface area contributed by atoms with Gasteiger partial charge in [-0.25, -0.2) is 79.8 Å². The van der Waals surface area contributed by atoms with Gasteiger partial charge in [0.15, 0.2) is 52.4 Å². The first-order chi connectivity index (χ1) is 22.8. The lowest BCUT2D eigenvalue weighted by molar-refractivity contribution is -0.755. The average molecular weight is 736 g/mol. The largest absolute Gasteiger partial charge is 0.667 e. The standard InChI is InChI=1S/C30H20BF15N2O2/c1-29(2,3)47-7-8-48(30(4,5)6)27(47)28(49)50-31(9-12(32)18(38)24(44)19(39)13(9)33,10-14(34)20(40)25(45)21(41)15(10)35)11-16(36)22(42)26(46)23(43)17(11)37/h7-8H,1-6H3. The Morgan fingerprint density at radius 2 is 0.780 bits per heavy atom. The minimum absolute atomic E-state index is 0.914. The summed E-state index contributed by atoms with van der Waals surface area (Å²) in [6, 6.07) is 0. The van der Waals surface area contributed by atoms with Crippen LogP contribution in [0.2, 0.25) is 0 Å². The van der Waals surface area contributed by atoms with Gasteiger partial charge in [-0.2, -0.15) is 0 Å². The van der Waals surface area contributed by atoms with Crippen LogP contribution in [-0.2, 0) is 15.7 Å². The van der Waals surface area contributed by atoms with E-state index in [0.717, 1.165) is 21.5 Å². The molecular weight excluding hydrogens is 716 g/mol. The van der Waals surface area contributed by atoms with Gasteiger partial charge >= 0.3 is 11.8 Å². The Balaban J connectivity index is 2.46. The number of hydrogen-bond acceptors (Lipinski definition) is 2. The number of benzene rings is 3. The second-order valence-corrected chi connectivity index (χ2v) is 12.8. The summed E-state index contributed by atoms with van der Waals surface area (Å²) in [5.41, 5.74) is -11.8. The summed E-state index contributed by atoms with van der Waals surface area (Å²) in [6.07, 6.45) is -4.37. The summed E-state index contributed by atoms with van der Waals surface area (Å²) in [5, 5.41) is 0. The van der Waals surface area contributed by atoms with Crippen LogP contribution in [0.4, 0.5) is 65.9 Å². The summed E-state index contributed by atoms with van der Waals surface area (Å²) in [7, 11) is 0. The number of carbonyl (C=O) groups is 1. The van der Waals surface area contributed by atoms with E-state index in [1.54, 1.807) is 0 Å². The van der Waals surface area contributed by atoms with E-state index in [2.05, 4.69) is 0 Å². The monoisotopic (exact) mass is 736 g/mol. The number of hydrogen-bond donors (Lipinski definition) is 0. The number of rotatable bonds is 5. The summed E-state index contributed by atoms with van der Waals surface area (Å²) in [5.74, 6) is -51.7. The van der Waals surface area contributed by atoms with Crippen LogP contribution in [0.15, 0.2) is 12.4 Å². The number of halogens is 15. The highest BCUT2D eigenvalue weighted by atomic mass is 19.2. The third kappa shape index (κ3) is 5.46. The molecule has 0 radical (unpaired) electrons. The summed E-state index contributed by atoms with van der Waals surface area (Å²) in [4.78, 5) is 14.2. The quantitative estimate of drug-likeness (QED) is 0.0806. The molecule has 0 aliphatic rings. The van der Waals surface area contributed by atoms with Crippen LogP contribution in [-0.4, -0.2) is 16.9 Å². The SMILES string of the molecule is CC(C)(C)n1cc[n+](C(C)(C)C)c1C(=O)O[B-](c1c(F)c(F)c(F)c(F)c1F)(c1c(F)c(F)c(F)c(F)c1F)c1c(F)c(F)c(F)c(F)c1F. The third-order valence-electron chi connectivity index (χ3n) is 7.68. The number of nitrogens with zero attached hydrogens (tertiary/aromatic N) is 2. The number of aromatic nitrogens is 2. The van der Waals surface area contributed by atoms with E-state index in [9.17, 15) is 44.3 Å². The van der Waals surface area contributed by atoms with Crippen molar-refractivity contribution in [2.24, 2.45) is 0 Å². The van der Waals surface area contributed by atoms with Crippen molar-refractivity contribution in [3.05, 3.63) is 105 Å². The molecule has 3 aromatic carbocycles. The van der Waals surface area contributed by atoms with Gasteiger partial charge in [0, 0.05) is 0 Å². The van der Waals surface area contributed by atoms with Gasteiger partial charge in [0.1, 0.15) is 58.4 Å². The fourth-order valence-corrected chi connectivity index (χ4v) is 5.43. The second-order valence-electron chi connectivity index (χ2n) is 12.8. The second kappa shape index (κ2) is 12.3. The zero-order valence-electron chi connectivity index (χ0n) is 26.1. The third-order valence-corrected chi connectivity index (χ3v) is 7.68. The van der Waals surface area contributed by atoms with Crippen molar-refractivity contribution in [3.63, 3.8) is 0 Å². The van der Waals surface area contributed by atoms with E-state index in [4.69, 9.17) is 4.65 Å². The topological polar surface area (TPSA) is 35.1 Å². The van der Waals surface area contributed by atoms with Crippen molar-refractivity contribution < 1.29 is 79.9 Å². The van der Waals surface area contributed by atoms with Crippen LogP contribution in [0.3, 0.4) is 0 Å². The Kier molecular flexibility index (Phi) is 9.38. The Hall–Kier alpha value is -4.65. The molecule has 20 heteroatoms. The van der Waals surface area contributed by atoms with Crippen LogP contribution in [0.5, 0.6) is 0 Å². The Bertz CT molecular complexity index is 1820. The highest BCUT2D eigenvalue weighted by Gasteiger charge is 2.53. The van der Waals surface area contributed by atoms with Crippen LogP contribution in [0, 0.1) is 87.3 Å². The highest BCUT2D eigenvalue weighted by Crippen LogP contribution is 2.30. The lowest BCUT2D eigenvalue weighted by atomic mass is 9.27. The predicted molar refractivity (Wildman–Crippen MR) is 143 cm³/mol. The molecule has 1 heterocycles. The van der Waals surface area contributed by atoms with Crippen LogP contribution < -0.4 is 21.0 Å². The van der Waals surface area contributed by atoms with Crippen LogP contribution >= 0.6 is 0 Å². The van der Waals surface area contributed by atoms with E-state index >= 15 is 26.3 Å². The molecule has 0 amide bonds. The molecule has 0 saturated carbocycles. The number of carbonyl (C=O) groups excluding carboxylic acids is 1. The first kappa shape index (κ1) is 38.2. The lowest BCUT2D eigenvalue weighted by Crippen LogP contribution is -2.76. The van der Waals surface area contributed by atoms with E-state index < -0.39 is 133 Å². The van der Waals surface area contributed by atoms with Crippen molar-refractivity contribution in [1.29, 1.82) is 0 Å². The van der Waals surface area contributed by atoms with Gasteiger partial charge in [0.05, 0.1) is 0 Å². The maximum atomic E-state index is 15.8.